The first-order valence-electron chi connectivity index (χ1n) is 5.04. The van der Waals surface area contributed by atoms with Crippen LogP contribution < -0.4 is 0 Å². The molecule has 1 N–H and O–H groups in total. The van der Waals surface area contributed by atoms with E-state index < -0.39 is 15.8 Å². The highest BCUT2D eigenvalue weighted by Crippen LogP contribution is 2.32. The summed E-state index contributed by atoms with van der Waals surface area (Å²) in [5.41, 5.74) is 0. The van der Waals surface area contributed by atoms with Crippen LogP contribution in [-0.2, 0) is 9.84 Å². The van der Waals surface area contributed by atoms with Crippen molar-refractivity contribution < 1.29 is 22.7 Å². The van der Waals surface area contributed by atoms with Crippen molar-refractivity contribution in [2.24, 2.45) is 0 Å². The quantitative estimate of drug-likeness (QED) is 0.921. The maximum atomic E-state index is 11.6. The number of carboxylic acid groups (broad SMARTS) is 1. The lowest BCUT2D eigenvalue weighted by Crippen LogP contribution is -2.00. The number of hydrogen-bond acceptors (Lipinski definition) is 6. The van der Waals surface area contributed by atoms with Gasteiger partial charge in [0.05, 0.1) is 4.90 Å². The Kier molecular flexibility index (Phi) is 3.63. The van der Waals surface area contributed by atoms with Gasteiger partial charge in [-0.05, 0) is 36.0 Å². The number of rotatable bonds is 4. The summed E-state index contributed by atoms with van der Waals surface area (Å²) in [5, 5.41) is 9.24. The number of aromatic carboxylic acids is 1. The molecule has 2 aromatic heterocycles. The Morgan fingerprint density at radius 1 is 1.37 bits per heavy atom. The van der Waals surface area contributed by atoms with Gasteiger partial charge in [0.2, 0.25) is 5.76 Å². The maximum Gasteiger partial charge on any atom is 0.371 e. The van der Waals surface area contributed by atoms with Crippen LogP contribution in [0.4, 0.5) is 0 Å². The van der Waals surface area contributed by atoms with E-state index in [0.29, 0.717) is 0 Å². The molecule has 100 valence electrons. The molecule has 0 saturated carbocycles. The number of sulfone groups is 1. The molecular weight excluding hydrogens is 290 g/mol. The van der Waals surface area contributed by atoms with Gasteiger partial charge in [0.1, 0.15) is 5.03 Å². The van der Waals surface area contributed by atoms with Crippen LogP contribution in [0.15, 0.2) is 49.9 Å². The van der Waals surface area contributed by atoms with Gasteiger partial charge in [-0.25, -0.2) is 18.2 Å². The van der Waals surface area contributed by atoms with Crippen molar-refractivity contribution in [3.8, 4) is 0 Å². The molecule has 19 heavy (non-hydrogen) atoms. The molecule has 2 heterocycles. The summed E-state index contributed by atoms with van der Waals surface area (Å²) in [7, 11) is -3.40. The highest BCUT2D eigenvalue weighted by atomic mass is 32.2. The van der Waals surface area contributed by atoms with Gasteiger partial charge < -0.3 is 9.52 Å². The van der Waals surface area contributed by atoms with Crippen LogP contribution in [0.1, 0.15) is 10.6 Å². The minimum atomic E-state index is -3.40. The van der Waals surface area contributed by atoms with Gasteiger partial charge in [0, 0.05) is 12.5 Å². The molecule has 2 rings (SSSR count). The van der Waals surface area contributed by atoms with Crippen molar-refractivity contribution in [3.63, 3.8) is 0 Å². The average Bonchev–Trinajstić information content (AvgIpc) is 2.77. The number of aromatic nitrogens is 1. The summed E-state index contributed by atoms with van der Waals surface area (Å²) in [6.45, 7) is 0. The molecule has 8 heteroatoms. The minimum Gasteiger partial charge on any atom is -0.475 e. The van der Waals surface area contributed by atoms with E-state index >= 15 is 0 Å². The number of nitrogens with zero attached hydrogens (tertiary/aromatic N) is 1. The summed E-state index contributed by atoms with van der Waals surface area (Å²) in [5.74, 6) is -1.39. The molecule has 0 bridgehead atoms. The monoisotopic (exact) mass is 299 g/mol. The molecule has 0 amide bonds. The van der Waals surface area contributed by atoms with E-state index in [9.17, 15) is 13.2 Å². The molecule has 2 aromatic rings. The molecule has 0 aliphatic heterocycles. The van der Waals surface area contributed by atoms with E-state index in [1.54, 1.807) is 0 Å². The number of carboxylic acids is 1. The lowest BCUT2D eigenvalue weighted by molar-refractivity contribution is 0.0656. The highest BCUT2D eigenvalue weighted by molar-refractivity contribution is 8.00. The first kappa shape index (κ1) is 13.6. The van der Waals surface area contributed by atoms with E-state index in [1.165, 1.54) is 30.5 Å². The van der Waals surface area contributed by atoms with Gasteiger partial charge in [0.15, 0.2) is 14.9 Å². The van der Waals surface area contributed by atoms with Gasteiger partial charge in [-0.3, -0.25) is 0 Å². The first-order valence-corrected chi connectivity index (χ1v) is 7.75. The van der Waals surface area contributed by atoms with Crippen LogP contribution in [0.3, 0.4) is 0 Å². The third kappa shape index (κ3) is 3.15. The third-order valence-electron chi connectivity index (χ3n) is 2.13. The van der Waals surface area contributed by atoms with Crippen molar-refractivity contribution in [1.82, 2.24) is 4.98 Å². The van der Waals surface area contributed by atoms with Crippen LogP contribution in [0.5, 0.6) is 0 Å². The summed E-state index contributed by atoms with van der Waals surface area (Å²) in [4.78, 5) is 14.7. The summed E-state index contributed by atoms with van der Waals surface area (Å²) < 4.78 is 28.2. The summed E-state index contributed by atoms with van der Waals surface area (Å²) in [6, 6.07) is 5.71. The Hall–Kier alpha value is -1.80. The zero-order valence-electron chi connectivity index (χ0n) is 9.73. The molecule has 0 saturated heterocycles. The van der Waals surface area contributed by atoms with Crippen LogP contribution in [-0.4, -0.2) is 30.7 Å². The fourth-order valence-corrected chi connectivity index (χ4v) is 3.34. The van der Waals surface area contributed by atoms with Crippen molar-refractivity contribution in [2.75, 3.05) is 6.26 Å². The number of pyridine rings is 1. The van der Waals surface area contributed by atoms with E-state index in [-0.39, 0.29) is 20.8 Å². The molecule has 0 atom stereocenters. The number of furan rings is 1. The van der Waals surface area contributed by atoms with Crippen molar-refractivity contribution in [2.45, 2.75) is 15.0 Å². The Labute approximate surface area is 113 Å². The highest BCUT2D eigenvalue weighted by Gasteiger charge is 2.17. The predicted molar refractivity (Wildman–Crippen MR) is 67.1 cm³/mol. The second kappa shape index (κ2) is 5.06. The van der Waals surface area contributed by atoms with E-state index in [2.05, 4.69) is 4.98 Å². The topological polar surface area (TPSA) is 97.5 Å². The molecular formula is C11H9NO5S2. The molecule has 0 unspecified atom stereocenters. The Bertz CT molecular complexity index is 720. The average molecular weight is 299 g/mol. The summed E-state index contributed by atoms with van der Waals surface area (Å²) in [6.07, 6.45) is 2.54. The Morgan fingerprint density at radius 3 is 2.68 bits per heavy atom. The van der Waals surface area contributed by atoms with Crippen LogP contribution in [0.25, 0.3) is 0 Å². The van der Waals surface area contributed by atoms with Gasteiger partial charge >= 0.3 is 5.97 Å². The van der Waals surface area contributed by atoms with Crippen molar-refractivity contribution in [1.29, 1.82) is 0 Å². The molecule has 0 fully saturated rings. The van der Waals surface area contributed by atoms with Crippen molar-refractivity contribution >= 4 is 27.6 Å². The molecule has 0 spiro atoms. The second-order valence-corrected chi connectivity index (χ2v) is 6.58. The molecule has 0 radical (unpaired) electrons. The SMILES string of the molecule is CS(=O)(=O)c1cccnc1Sc1ccc(C(=O)O)o1. The van der Waals surface area contributed by atoms with E-state index in [1.807, 2.05) is 0 Å². The molecule has 0 aliphatic rings. The van der Waals surface area contributed by atoms with E-state index in [0.717, 1.165) is 18.0 Å². The minimum absolute atomic E-state index is 0.0771. The lowest BCUT2D eigenvalue weighted by atomic mass is 10.5. The fourth-order valence-electron chi connectivity index (χ4n) is 1.32. The zero-order valence-corrected chi connectivity index (χ0v) is 11.4. The summed E-state index contributed by atoms with van der Waals surface area (Å²) >= 11 is 0.959. The smallest absolute Gasteiger partial charge is 0.371 e. The second-order valence-electron chi connectivity index (χ2n) is 3.60. The van der Waals surface area contributed by atoms with Crippen LogP contribution in [0, 0.1) is 0 Å². The van der Waals surface area contributed by atoms with Crippen LogP contribution >= 0.6 is 11.8 Å². The zero-order chi connectivity index (χ0) is 14.0. The van der Waals surface area contributed by atoms with Crippen LogP contribution in [0.2, 0.25) is 0 Å². The lowest BCUT2D eigenvalue weighted by Gasteiger charge is -2.03. The van der Waals surface area contributed by atoms with Gasteiger partial charge in [0.25, 0.3) is 0 Å². The largest absolute Gasteiger partial charge is 0.475 e. The number of carbonyl (C=O) groups is 1. The van der Waals surface area contributed by atoms with Crippen molar-refractivity contribution in [3.05, 3.63) is 36.2 Å². The standard InChI is InChI=1S/C11H9NO5S2/c1-19(15,16)8-3-2-6-12-10(8)18-9-5-4-7(17-9)11(13)14/h2-6H,1H3,(H,13,14). The molecule has 0 aromatic carbocycles. The third-order valence-corrected chi connectivity index (χ3v) is 4.32. The van der Waals surface area contributed by atoms with Gasteiger partial charge in [-0.1, -0.05) is 0 Å². The Balaban J connectivity index is 2.36. The predicted octanol–water partition coefficient (Wildman–Crippen LogP) is 1.93. The van der Waals surface area contributed by atoms with Gasteiger partial charge in [-0.2, -0.15) is 0 Å². The fraction of sp³-hybridized carbons (Fsp3) is 0.0909. The molecule has 0 aliphatic carbocycles. The Morgan fingerprint density at radius 2 is 2.11 bits per heavy atom. The van der Waals surface area contributed by atoms with Gasteiger partial charge in [-0.15, -0.1) is 0 Å². The maximum absolute atomic E-state index is 11.6. The number of hydrogen-bond donors (Lipinski definition) is 1. The van der Waals surface area contributed by atoms with E-state index in [4.69, 9.17) is 9.52 Å². The first-order chi connectivity index (χ1) is 8.88. The normalized spacial score (nSPS) is 11.4. The molecule has 6 nitrogen and oxygen atoms in total.